The molecular formula is C36H30N4. The van der Waals surface area contributed by atoms with Gasteiger partial charge in [0.15, 0.2) is 0 Å². The van der Waals surface area contributed by atoms with Crippen molar-refractivity contribution >= 4 is 0 Å². The summed E-state index contributed by atoms with van der Waals surface area (Å²) in [5.41, 5.74) is 10.8. The first kappa shape index (κ1) is 25.4. The summed E-state index contributed by atoms with van der Waals surface area (Å²) in [6, 6.07) is 38.7. The van der Waals surface area contributed by atoms with Crippen molar-refractivity contribution in [3.8, 4) is 33.4 Å². The zero-order chi connectivity index (χ0) is 27.0. The Balaban J connectivity index is 1.21. The summed E-state index contributed by atoms with van der Waals surface area (Å²) in [6.45, 7) is 2.55. The molecule has 0 saturated carbocycles. The molecule has 40 heavy (non-hydrogen) atoms. The van der Waals surface area contributed by atoms with E-state index in [1.165, 1.54) is 33.4 Å². The number of pyridine rings is 3. The van der Waals surface area contributed by atoms with Gasteiger partial charge in [0.2, 0.25) is 0 Å². The van der Waals surface area contributed by atoms with Crippen molar-refractivity contribution in [1.29, 1.82) is 0 Å². The maximum Gasteiger partial charge on any atom is 0.0346 e. The first-order chi connectivity index (χ1) is 19.8. The molecule has 0 aliphatic carbocycles. The molecule has 0 atom stereocenters. The second-order valence-electron chi connectivity index (χ2n) is 9.96. The second kappa shape index (κ2) is 12.3. The predicted molar refractivity (Wildman–Crippen MR) is 162 cm³/mol. The van der Waals surface area contributed by atoms with Crippen molar-refractivity contribution in [3.63, 3.8) is 0 Å². The zero-order valence-corrected chi connectivity index (χ0v) is 22.3. The third-order valence-electron chi connectivity index (χ3n) is 7.06. The minimum absolute atomic E-state index is 0.849. The Morgan fingerprint density at radius 3 is 0.900 bits per heavy atom. The monoisotopic (exact) mass is 518 g/mol. The van der Waals surface area contributed by atoms with Gasteiger partial charge in [0.1, 0.15) is 0 Å². The summed E-state index contributed by atoms with van der Waals surface area (Å²) in [6.07, 6.45) is 11.1. The number of hydrogen-bond donors (Lipinski definition) is 0. The van der Waals surface area contributed by atoms with E-state index >= 15 is 0 Å². The van der Waals surface area contributed by atoms with Crippen LogP contribution in [0.2, 0.25) is 0 Å². The summed E-state index contributed by atoms with van der Waals surface area (Å²) in [7, 11) is 0. The molecular weight excluding hydrogens is 488 g/mol. The van der Waals surface area contributed by atoms with Crippen LogP contribution in [0.1, 0.15) is 16.7 Å². The van der Waals surface area contributed by atoms with E-state index in [4.69, 9.17) is 0 Å². The fourth-order valence-corrected chi connectivity index (χ4v) is 4.95. The Morgan fingerprint density at radius 2 is 0.650 bits per heavy atom. The van der Waals surface area contributed by atoms with Crippen LogP contribution in [-0.2, 0) is 19.6 Å². The van der Waals surface area contributed by atoms with Crippen LogP contribution in [0.5, 0.6) is 0 Å². The molecule has 0 aliphatic heterocycles. The van der Waals surface area contributed by atoms with E-state index < -0.39 is 0 Å². The molecule has 3 heterocycles. The molecule has 0 aliphatic rings. The smallest absolute Gasteiger partial charge is 0.0346 e. The fraction of sp³-hybridized carbons (Fsp3) is 0.0833. The molecule has 0 fully saturated rings. The largest absolute Gasteiger partial charge is 0.291 e. The van der Waals surface area contributed by atoms with Crippen molar-refractivity contribution in [2.45, 2.75) is 19.6 Å². The Bertz CT molecular complexity index is 1410. The van der Waals surface area contributed by atoms with E-state index in [0.717, 1.165) is 36.3 Å². The van der Waals surface area contributed by atoms with Crippen molar-refractivity contribution < 1.29 is 0 Å². The minimum Gasteiger partial charge on any atom is -0.291 e. The summed E-state index contributed by atoms with van der Waals surface area (Å²) < 4.78 is 0. The maximum absolute atomic E-state index is 4.26. The van der Waals surface area contributed by atoms with Gasteiger partial charge in [-0.1, -0.05) is 91.0 Å². The van der Waals surface area contributed by atoms with Gasteiger partial charge in [-0.05, 0) is 68.3 Å². The maximum atomic E-state index is 4.26. The van der Waals surface area contributed by atoms with Gasteiger partial charge in [0.25, 0.3) is 0 Å². The highest BCUT2D eigenvalue weighted by Gasteiger charge is 2.10. The summed E-state index contributed by atoms with van der Waals surface area (Å²) in [5, 5.41) is 0. The Labute approximate surface area is 235 Å². The highest BCUT2D eigenvalue weighted by Crippen LogP contribution is 2.24. The fourth-order valence-electron chi connectivity index (χ4n) is 4.95. The number of nitrogens with zero attached hydrogens (tertiary/aromatic N) is 4. The molecule has 6 aromatic rings. The average Bonchev–Trinajstić information content (AvgIpc) is 3.03. The molecule has 4 heteroatoms. The highest BCUT2D eigenvalue weighted by atomic mass is 15.1. The van der Waals surface area contributed by atoms with Gasteiger partial charge < -0.3 is 0 Å². The second-order valence-corrected chi connectivity index (χ2v) is 9.96. The lowest BCUT2D eigenvalue weighted by molar-refractivity contribution is 0.248. The van der Waals surface area contributed by atoms with Crippen molar-refractivity contribution in [1.82, 2.24) is 19.9 Å². The summed E-state index contributed by atoms with van der Waals surface area (Å²) in [5.74, 6) is 0. The van der Waals surface area contributed by atoms with E-state index in [0.29, 0.717) is 0 Å². The predicted octanol–water partition coefficient (Wildman–Crippen LogP) is 8.08. The van der Waals surface area contributed by atoms with Gasteiger partial charge in [-0.3, -0.25) is 19.9 Å². The SMILES string of the molecule is c1cncc(-c2ccc(CN(Cc3ccc(-c4cccnc4)cc3)Cc3ccc(-c4cccnc4)cc3)cc2)c1. The lowest BCUT2D eigenvalue weighted by Crippen LogP contribution is -2.22. The molecule has 3 aromatic heterocycles. The zero-order valence-electron chi connectivity index (χ0n) is 22.3. The molecule has 0 radical (unpaired) electrons. The average molecular weight is 519 g/mol. The van der Waals surface area contributed by atoms with Crippen LogP contribution in [0, 0.1) is 0 Å². The van der Waals surface area contributed by atoms with Crippen LogP contribution in [0.25, 0.3) is 33.4 Å². The van der Waals surface area contributed by atoms with Gasteiger partial charge in [-0.25, -0.2) is 0 Å². The molecule has 3 aromatic carbocycles. The third-order valence-corrected chi connectivity index (χ3v) is 7.06. The molecule has 4 nitrogen and oxygen atoms in total. The number of benzene rings is 3. The summed E-state index contributed by atoms with van der Waals surface area (Å²) >= 11 is 0. The first-order valence-corrected chi connectivity index (χ1v) is 13.5. The van der Waals surface area contributed by atoms with Gasteiger partial charge >= 0.3 is 0 Å². The number of hydrogen-bond acceptors (Lipinski definition) is 4. The van der Waals surface area contributed by atoms with Crippen LogP contribution in [0.3, 0.4) is 0 Å². The van der Waals surface area contributed by atoms with Crippen LogP contribution in [-0.4, -0.2) is 19.9 Å². The Kier molecular flexibility index (Phi) is 7.79. The molecule has 0 saturated heterocycles. The van der Waals surface area contributed by atoms with Crippen LogP contribution in [0.15, 0.2) is 146 Å². The van der Waals surface area contributed by atoms with Crippen LogP contribution >= 0.6 is 0 Å². The number of aromatic nitrogens is 3. The number of rotatable bonds is 9. The minimum atomic E-state index is 0.849. The molecule has 6 rings (SSSR count). The quantitative estimate of drug-likeness (QED) is 0.194. The van der Waals surface area contributed by atoms with Crippen LogP contribution < -0.4 is 0 Å². The van der Waals surface area contributed by atoms with Crippen LogP contribution in [0.4, 0.5) is 0 Å². The first-order valence-electron chi connectivity index (χ1n) is 13.5. The summed E-state index contributed by atoms with van der Waals surface area (Å²) in [4.78, 5) is 15.3. The van der Waals surface area contributed by atoms with E-state index in [9.17, 15) is 0 Å². The van der Waals surface area contributed by atoms with Gasteiger partial charge in [-0.15, -0.1) is 0 Å². The molecule has 0 bridgehead atoms. The van der Waals surface area contributed by atoms with E-state index in [2.05, 4.69) is 111 Å². The van der Waals surface area contributed by atoms with E-state index in [1.54, 1.807) is 0 Å². The topological polar surface area (TPSA) is 41.9 Å². The van der Waals surface area contributed by atoms with Gasteiger partial charge in [0, 0.05) is 56.8 Å². The van der Waals surface area contributed by atoms with Crippen molar-refractivity contribution in [2.24, 2.45) is 0 Å². The molecule has 0 unspecified atom stereocenters. The molecule has 0 amide bonds. The molecule has 0 N–H and O–H groups in total. The molecule has 0 spiro atoms. The lowest BCUT2D eigenvalue weighted by atomic mass is 10.0. The van der Waals surface area contributed by atoms with E-state index in [-0.39, 0.29) is 0 Å². The Morgan fingerprint density at radius 1 is 0.350 bits per heavy atom. The standard InChI is InChI=1S/C36H30N4/c1-4-34(22-37-19-1)31-13-7-28(8-14-31)25-40(26-29-9-15-32(16-10-29)35-5-2-20-38-23-35)27-30-11-17-33(18-12-30)36-6-3-21-39-24-36/h1-24H,25-27H2. The highest BCUT2D eigenvalue weighted by molar-refractivity contribution is 5.64. The van der Waals surface area contributed by atoms with Crippen molar-refractivity contribution in [3.05, 3.63) is 163 Å². The normalized spacial score (nSPS) is 11.0. The lowest BCUT2D eigenvalue weighted by Gasteiger charge is -2.23. The Hall–Kier alpha value is -4.93. The van der Waals surface area contributed by atoms with Gasteiger partial charge in [0.05, 0.1) is 0 Å². The van der Waals surface area contributed by atoms with Crippen molar-refractivity contribution in [2.75, 3.05) is 0 Å². The molecule has 194 valence electrons. The van der Waals surface area contributed by atoms with Gasteiger partial charge in [-0.2, -0.15) is 0 Å². The van der Waals surface area contributed by atoms with E-state index in [1.807, 2.05) is 55.4 Å². The third kappa shape index (κ3) is 6.37.